The van der Waals surface area contributed by atoms with Gasteiger partial charge in [-0.1, -0.05) is 36.4 Å². The molecule has 1 unspecified atom stereocenters. The number of halogens is 1. The zero-order valence-corrected chi connectivity index (χ0v) is 15.4. The topological polar surface area (TPSA) is 55.8 Å². The molecule has 0 aliphatic carbocycles. The molecule has 0 radical (unpaired) electrons. The van der Waals surface area contributed by atoms with E-state index in [1.165, 1.54) is 17.2 Å². The van der Waals surface area contributed by atoms with Gasteiger partial charge >= 0.3 is 0 Å². The molecule has 0 aromatic heterocycles. The third-order valence-electron chi connectivity index (χ3n) is 4.35. The van der Waals surface area contributed by atoms with Crippen molar-refractivity contribution in [2.45, 2.75) is 18.9 Å². The lowest BCUT2D eigenvalue weighted by atomic mass is 9.88. The predicted molar refractivity (Wildman–Crippen MR) is 96.4 cm³/mol. The minimum absolute atomic E-state index is 0.167. The van der Waals surface area contributed by atoms with Gasteiger partial charge in [-0.25, -0.2) is 4.39 Å². The second-order valence-electron chi connectivity index (χ2n) is 6.45. The van der Waals surface area contributed by atoms with Gasteiger partial charge < -0.3 is 4.74 Å². The fourth-order valence-electron chi connectivity index (χ4n) is 3.21. The summed E-state index contributed by atoms with van der Waals surface area (Å²) in [6.45, 7) is 0.987. The summed E-state index contributed by atoms with van der Waals surface area (Å²) < 4.78 is 47.2. The summed E-state index contributed by atoms with van der Waals surface area (Å²) in [6.07, 6.45) is 2.23. The van der Waals surface area contributed by atoms with Crippen molar-refractivity contribution in [3.63, 3.8) is 0 Å². The molecule has 0 saturated carbocycles. The Bertz CT molecular complexity index is 820. The smallest absolute Gasteiger partial charge is 0.280 e. The highest BCUT2D eigenvalue weighted by Crippen LogP contribution is 2.35. The second-order valence-corrected chi connectivity index (χ2v) is 8.01. The van der Waals surface area contributed by atoms with Gasteiger partial charge in [0.15, 0.2) is 0 Å². The van der Waals surface area contributed by atoms with Crippen molar-refractivity contribution in [3.8, 4) is 5.75 Å². The maximum Gasteiger partial charge on any atom is 0.280 e. The normalized spacial score (nSPS) is 17.8. The van der Waals surface area contributed by atoms with Crippen LogP contribution in [0.15, 0.2) is 54.6 Å². The van der Waals surface area contributed by atoms with Crippen molar-refractivity contribution in [1.29, 1.82) is 0 Å². The maximum atomic E-state index is 13.5. The molecule has 1 heterocycles. The highest BCUT2D eigenvalue weighted by atomic mass is 32.2. The minimum atomic E-state index is -3.51. The van der Waals surface area contributed by atoms with Gasteiger partial charge in [-0.15, -0.1) is 0 Å². The number of piperidine rings is 1. The maximum absolute atomic E-state index is 13.5. The van der Waals surface area contributed by atoms with E-state index in [1.54, 1.807) is 12.1 Å². The number of nitrogens with zero attached hydrogens (tertiary/aromatic N) is 1. The highest BCUT2D eigenvalue weighted by molar-refractivity contribution is 7.85. The Morgan fingerprint density at radius 2 is 1.77 bits per heavy atom. The lowest BCUT2D eigenvalue weighted by molar-refractivity contribution is -0.0851. The highest BCUT2D eigenvalue weighted by Gasteiger charge is 2.30. The second kappa shape index (κ2) is 8.16. The Morgan fingerprint density at radius 1 is 1.08 bits per heavy atom. The summed E-state index contributed by atoms with van der Waals surface area (Å²) in [4.78, 5) is 0. The van der Waals surface area contributed by atoms with Gasteiger partial charge in [-0.3, -0.25) is 0 Å². The number of benzene rings is 2. The van der Waals surface area contributed by atoms with Gasteiger partial charge in [0, 0.05) is 25.1 Å². The molecule has 1 fully saturated rings. The first kappa shape index (κ1) is 18.8. The van der Waals surface area contributed by atoms with Gasteiger partial charge in [0.05, 0.1) is 6.26 Å². The SMILES string of the molecule is CS(=O)(=O)ON1CCC(C(Oc2cccc(F)c2)c2ccccc2)CC1. The molecule has 26 heavy (non-hydrogen) atoms. The van der Waals surface area contributed by atoms with Crippen LogP contribution >= 0.6 is 0 Å². The molecule has 1 saturated heterocycles. The van der Waals surface area contributed by atoms with Crippen LogP contribution < -0.4 is 4.74 Å². The summed E-state index contributed by atoms with van der Waals surface area (Å²) in [5.41, 5.74) is 1.01. The van der Waals surface area contributed by atoms with E-state index >= 15 is 0 Å². The molecular formula is C19H22FNO4S. The van der Waals surface area contributed by atoms with Gasteiger partial charge in [0.25, 0.3) is 10.1 Å². The number of hydrogen-bond acceptors (Lipinski definition) is 5. The summed E-state index contributed by atoms with van der Waals surface area (Å²) in [5, 5.41) is 1.47. The Morgan fingerprint density at radius 3 is 2.38 bits per heavy atom. The Hall–Kier alpha value is -1.96. The quantitative estimate of drug-likeness (QED) is 0.768. The predicted octanol–water partition coefficient (Wildman–Crippen LogP) is 3.55. The minimum Gasteiger partial charge on any atom is -0.485 e. The van der Waals surface area contributed by atoms with Gasteiger partial charge in [0.2, 0.25) is 0 Å². The van der Waals surface area contributed by atoms with Gasteiger partial charge in [0.1, 0.15) is 17.7 Å². The van der Waals surface area contributed by atoms with Crippen molar-refractivity contribution in [1.82, 2.24) is 5.06 Å². The van der Waals surface area contributed by atoms with E-state index in [-0.39, 0.29) is 17.8 Å². The van der Waals surface area contributed by atoms with Crippen LogP contribution in [0, 0.1) is 11.7 Å². The molecule has 5 nitrogen and oxygen atoms in total. The van der Waals surface area contributed by atoms with Crippen molar-refractivity contribution in [2.24, 2.45) is 5.92 Å². The zero-order chi connectivity index (χ0) is 18.6. The van der Waals surface area contributed by atoms with Crippen molar-refractivity contribution in [3.05, 3.63) is 66.0 Å². The monoisotopic (exact) mass is 379 g/mol. The molecule has 0 bridgehead atoms. The zero-order valence-electron chi connectivity index (χ0n) is 14.5. The Labute approximate surface area is 153 Å². The van der Waals surface area contributed by atoms with Gasteiger partial charge in [-0.05, 0) is 30.5 Å². The molecule has 0 spiro atoms. The number of hydrogen-bond donors (Lipinski definition) is 0. The fourth-order valence-corrected chi connectivity index (χ4v) is 3.74. The van der Waals surface area contributed by atoms with Crippen LogP contribution in [0.4, 0.5) is 4.39 Å². The first-order chi connectivity index (χ1) is 12.4. The van der Waals surface area contributed by atoms with Crippen LogP contribution in [-0.4, -0.2) is 32.8 Å². The Balaban J connectivity index is 1.74. The molecule has 2 aromatic carbocycles. The summed E-state index contributed by atoms with van der Waals surface area (Å²) >= 11 is 0. The van der Waals surface area contributed by atoms with Crippen LogP contribution in [0.1, 0.15) is 24.5 Å². The van der Waals surface area contributed by atoms with Gasteiger partial charge in [-0.2, -0.15) is 17.8 Å². The largest absolute Gasteiger partial charge is 0.485 e. The van der Waals surface area contributed by atoms with E-state index in [9.17, 15) is 12.8 Å². The third kappa shape index (κ3) is 5.27. The molecule has 1 aliphatic rings. The van der Waals surface area contributed by atoms with E-state index < -0.39 is 10.1 Å². The van der Waals surface area contributed by atoms with Crippen LogP contribution in [-0.2, 0) is 14.4 Å². The fraction of sp³-hybridized carbons (Fsp3) is 0.368. The van der Waals surface area contributed by atoms with Crippen molar-refractivity contribution >= 4 is 10.1 Å². The molecule has 140 valence electrons. The molecule has 1 atom stereocenters. The van der Waals surface area contributed by atoms with E-state index in [4.69, 9.17) is 9.02 Å². The van der Waals surface area contributed by atoms with E-state index in [2.05, 4.69) is 0 Å². The summed E-state index contributed by atoms with van der Waals surface area (Å²) in [6, 6.07) is 15.9. The molecule has 0 amide bonds. The van der Waals surface area contributed by atoms with Crippen LogP contribution in [0.3, 0.4) is 0 Å². The number of ether oxygens (including phenoxy) is 1. The first-order valence-electron chi connectivity index (χ1n) is 8.52. The van der Waals surface area contributed by atoms with Crippen molar-refractivity contribution in [2.75, 3.05) is 19.3 Å². The van der Waals surface area contributed by atoms with E-state index in [0.717, 1.165) is 11.8 Å². The molecule has 0 N–H and O–H groups in total. The van der Waals surface area contributed by atoms with E-state index in [1.807, 2.05) is 30.3 Å². The standard InChI is InChI=1S/C19H22FNO4S/c1-26(22,23)25-21-12-10-16(11-13-21)19(15-6-3-2-4-7-15)24-18-9-5-8-17(20)14-18/h2-9,14,16,19H,10-13H2,1H3. The summed E-state index contributed by atoms with van der Waals surface area (Å²) in [7, 11) is -3.51. The van der Waals surface area contributed by atoms with Crippen LogP contribution in [0.5, 0.6) is 5.75 Å². The van der Waals surface area contributed by atoms with Crippen molar-refractivity contribution < 1.29 is 21.8 Å². The average molecular weight is 379 g/mol. The Kier molecular flexibility index (Phi) is 5.90. The molecule has 2 aromatic rings. The lowest BCUT2D eigenvalue weighted by Gasteiger charge is -2.35. The lowest BCUT2D eigenvalue weighted by Crippen LogP contribution is -2.38. The van der Waals surface area contributed by atoms with E-state index in [0.29, 0.717) is 31.7 Å². The van der Waals surface area contributed by atoms with Crippen LogP contribution in [0.2, 0.25) is 0 Å². The number of rotatable bonds is 6. The third-order valence-corrected chi connectivity index (χ3v) is 4.84. The van der Waals surface area contributed by atoms with Crippen LogP contribution in [0.25, 0.3) is 0 Å². The average Bonchev–Trinajstić information content (AvgIpc) is 2.60. The number of hydroxylamine groups is 2. The summed E-state index contributed by atoms with van der Waals surface area (Å²) in [5.74, 6) is 0.305. The molecule has 3 rings (SSSR count). The molecule has 7 heteroatoms. The molecular weight excluding hydrogens is 357 g/mol. The first-order valence-corrected chi connectivity index (χ1v) is 10.3. The molecule has 1 aliphatic heterocycles.